The molecule has 2 N–H and O–H groups in total. The van der Waals surface area contributed by atoms with Crippen LogP contribution >= 0.6 is 7.60 Å². The molecule has 0 bridgehead atoms. The molecule has 0 amide bonds. The molecule has 0 aromatic rings. The molecule has 0 aromatic heterocycles. The van der Waals surface area contributed by atoms with Gasteiger partial charge >= 0.3 is 7.60 Å². The Labute approximate surface area is 73.7 Å². The maximum Gasteiger partial charge on any atom is 0.351 e. The predicted octanol–water partition coefficient (Wildman–Crippen LogP) is 2.65. The Kier molecular flexibility index (Phi) is 5.47. The minimum absolute atomic E-state index is 0.298. The first-order chi connectivity index (χ1) is 5.52. The summed E-state index contributed by atoms with van der Waals surface area (Å²) in [5.74, 6) is 0. The molecule has 0 atom stereocenters. The van der Waals surface area contributed by atoms with Crippen LogP contribution in [0, 0.1) is 0 Å². The van der Waals surface area contributed by atoms with Gasteiger partial charge in [0.05, 0.1) is 0 Å². The van der Waals surface area contributed by atoms with Gasteiger partial charge in [0.2, 0.25) is 0 Å². The van der Waals surface area contributed by atoms with Crippen molar-refractivity contribution in [3.63, 3.8) is 0 Å². The van der Waals surface area contributed by atoms with Crippen LogP contribution in [0.1, 0.15) is 39.5 Å². The highest BCUT2D eigenvalue weighted by molar-refractivity contribution is 7.56. The molecule has 0 aliphatic heterocycles. The van der Waals surface area contributed by atoms with Crippen molar-refractivity contribution < 1.29 is 14.4 Å². The van der Waals surface area contributed by atoms with Crippen LogP contribution in [0.4, 0.5) is 0 Å². The van der Waals surface area contributed by atoms with Gasteiger partial charge in [-0.1, -0.05) is 32.8 Å². The molecule has 0 aliphatic carbocycles. The molecular formula is C8H17O3P. The average Bonchev–Trinajstić information content (AvgIpc) is 1.95. The molecule has 3 nitrogen and oxygen atoms in total. The van der Waals surface area contributed by atoms with E-state index in [1.807, 2.05) is 13.8 Å². The van der Waals surface area contributed by atoms with Gasteiger partial charge in [-0.3, -0.25) is 4.57 Å². The van der Waals surface area contributed by atoms with Gasteiger partial charge in [-0.25, -0.2) is 0 Å². The van der Waals surface area contributed by atoms with Crippen molar-refractivity contribution in [1.29, 1.82) is 0 Å². The van der Waals surface area contributed by atoms with E-state index in [0.717, 1.165) is 19.3 Å². The summed E-state index contributed by atoms with van der Waals surface area (Å²) >= 11 is 0. The number of hydrogen-bond acceptors (Lipinski definition) is 1. The van der Waals surface area contributed by atoms with Crippen molar-refractivity contribution >= 4 is 7.60 Å². The Balaban J connectivity index is 4.33. The maximum atomic E-state index is 10.9. The van der Waals surface area contributed by atoms with E-state index in [1.54, 1.807) is 6.08 Å². The molecule has 0 heterocycles. The quantitative estimate of drug-likeness (QED) is 0.658. The standard InChI is InChI=1S/C8H17O3P/c1-3-5-7-8(6-4-2)12(9,10)11/h7H,3-6H2,1-2H3,(H2,9,10,11)/b8-7-. The van der Waals surface area contributed by atoms with E-state index in [-0.39, 0.29) is 0 Å². The van der Waals surface area contributed by atoms with Crippen LogP contribution in [0.25, 0.3) is 0 Å². The summed E-state index contributed by atoms with van der Waals surface area (Å²) in [6, 6.07) is 0. The van der Waals surface area contributed by atoms with Gasteiger partial charge in [-0.05, 0) is 12.8 Å². The van der Waals surface area contributed by atoms with Crippen LogP contribution in [-0.2, 0) is 4.57 Å². The van der Waals surface area contributed by atoms with Crippen LogP contribution in [0.5, 0.6) is 0 Å². The molecule has 0 unspecified atom stereocenters. The highest BCUT2D eigenvalue weighted by Crippen LogP contribution is 2.47. The van der Waals surface area contributed by atoms with Crippen LogP contribution in [0.3, 0.4) is 0 Å². The van der Waals surface area contributed by atoms with Gasteiger partial charge in [0, 0.05) is 5.31 Å². The van der Waals surface area contributed by atoms with Gasteiger partial charge in [0.15, 0.2) is 0 Å². The van der Waals surface area contributed by atoms with Crippen molar-refractivity contribution in [3.05, 3.63) is 11.4 Å². The number of unbranched alkanes of at least 4 members (excludes halogenated alkanes) is 1. The Hall–Kier alpha value is -0.110. The Morgan fingerprint density at radius 3 is 2.25 bits per heavy atom. The fourth-order valence-electron chi connectivity index (χ4n) is 0.934. The van der Waals surface area contributed by atoms with E-state index in [1.165, 1.54) is 0 Å². The zero-order valence-corrected chi connectivity index (χ0v) is 8.55. The van der Waals surface area contributed by atoms with Crippen LogP contribution in [0.2, 0.25) is 0 Å². The molecule has 0 aromatic carbocycles. The second-order valence-corrected chi connectivity index (χ2v) is 4.44. The van der Waals surface area contributed by atoms with E-state index in [2.05, 4.69) is 0 Å². The summed E-state index contributed by atoms with van der Waals surface area (Å²) in [6.07, 6.45) is 4.63. The summed E-state index contributed by atoms with van der Waals surface area (Å²) in [7, 11) is -3.96. The molecule has 12 heavy (non-hydrogen) atoms. The molecule has 0 radical (unpaired) electrons. The molecule has 0 fully saturated rings. The van der Waals surface area contributed by atoms with E-state index in [0.29, 0.717) is 11.7 Å². The molecule has 4 heteroatoms. The second-order valence-electron chi connectivity index (χ2n) is 2.78. The molecule has 0 saturated heterocycles. The summed E-state index contributed by atoms with van der Waals surface area (Å²) in [5, 5.41) is 0.298. The van der Waals surface area contributed by atoms with Gasteiger partial charge in [-0.15, -0.1) is 0 Å². The van der Waals surface area contributed by atoms with Crippen molar-refractivity contribution in [2.75, 3.05) is 0 Å². The lowest BCUT2D eigenvalue weighted by Gasteiger charge is -2.07. The molecule has 0 spiro atoms. The monoisotopic (exact) mass is 192 g/mol. The van der Waals surface area contributed by atoms with E-state index >= 15 is 0 Å². The Morgan fingerprint density at radius 1 is 1.33 bits per heavy atom. The molecular weight excluding hydrogens is 175 g/mol. The Bertz CT molecular complexity index is 192. The summed E-state index contributed by atoms with van der Waals surface area (Å²) in [4.78, 5) is 17.8. The minimum atomic E-state index is -3.96. The lowest BCUT2D eigenvalue weighted by atomic mass is 10.2. The minimum Gasteiger partial charge on any atom is -0.321 e. The summed E-state index contributed by atoms with van der Waals surface area (Å²) in [5.41, 5.74) is 0. The first-order valence-electron chi connectivity index (χ1n) is 4.27. The van der Waals surface area contributed by atoms with E-state index in [9.17, 15) is 4.57 Å². The summed E-state index contributed by atoms with van der Waals surface area (Å²) < 4.78 is 10.9. The van der Waals surface area contributed by atoms with Gasteiger partial charge in [0.25, 0.3) is 0 Å². The molecule has 0 rings (SSSR count). The predicted molar refractivity (Wildman–Crippen MR) is 49.9 cm³/mol. The molecule has 0 aliphatic rings. The van der Waals surface area contributed by atoms with Crippen molar-refractivity contribution in [1.82, 2.24) is 0 Å². The fraction of sp³-hybridized carbons (Fsp3) is 0.750. The lowest BCUT2D eigenvalue weighted by molar-refractivity contribution is 0.380. The first kappa shape index (κ1) is 11.9. The zero-order chi connectivity index (χ0) is 9.61. The third kappa shape index (κ3) is 4.70. The third-order valence-corrected chi connectivity index (χ3v) is 2.70. The molecule has 72 valence electrons. The topological polar surface area (TPSA) is 57.5 Å². The Morgan fingerprint density at radius 2 is 1.92 bits per heavy atom. The lowest BCUT2D eigenvalue weighted by Crippen LogP contribution is -1.86. The highest BCUT2D eigenvalue weighted by atomic mass is 31.2. The van der Waals surface area contributed by atoms with E-state index < -0.39 is 7.60 Å². The molecule has 0 saturated carbocycles. The van der Waals surface area contributed by atoms with Crippen LogP contribution in [0.15, 0.2) is 11.4 Å². The second kappa shape index (κ2) is 5.52. The number of hydrogen-bond donors (Lipinski definition) is 2. The summed E-state index contributed by atoms with van der Waals surface area (Å²) in [6.45, 7) is 3.90. The number of allylic oxidation sites excluding steroid dienone is 2. The smallest absolute Gasteiger partial charge is 0.321 e. The van der Waals surface area contributed by atoms with Crippen LogP contribution < -0.4 is 0 Å². The van der Waals surface area contributed by atoms with E-state index in [4.69, 9.17) is 9.79 Å². The van der Waals surface area contributed by atoms with Crippen molar-refractivity contribution in [3.8, 4) is 0 Å². The van der Waals surface area contributed by atoms with Crippen molar-refractivity contribution in [2.45, 2.75) is 39.5 Å². The van der Waals surface area contributed by atoms with Gasteiger partial charge in [0.1, 0.15) is 0 Å². The average molecular weight is 192 g/mol. The highest BCUT2D eigenvalue weighted by Gasteiger charge is 2.18. The van der Waals surface area contributed by atoms with Gasteiger partial charge in [-0.2, -0.15) is 0 Å². The SMILES string of the molecule is CCC/C=C(/CCC)P(=O)(O)O. The van der Waals surface area contributed by atoms with Crippen LogP contribution in [-0.4, -0.2) is 9.79 Å². The largest absolute Gasteiger partial charge is 0.351 e. The zero-order valence-electron chi connectivity index (χ0n) is 7.66. The third-order valence-electron chi connectivity index (χ3n) is 1.55. The maximum absolute atomic E-state index is 10.9. The van der Waals surface area contributed by atoms with Crippen molar-refractivity contribution in [2.24, 2.45) is 0 Å². The normalized spacial score (nSPS) is 13.5. The van der Waals surface area contributed by atoms with Gasteiger partial charge < -0.3 is 9.79 Å². The fourth-order valence-corrected chi connectivity index (χ4v) is 1.82. The number of rotatable bonds is 5. The first-order valence-corrected chi connectivity index (χ1v) is 5.88.